The van der Waals surface area contributed by atoms with E-state index in [2.05, 4.69) is 22.1 Å². The van der Waals surface area contributed by atoms with Gasteiger partial charge in [0.05, 0.1) is 30.0 Å². The number of pyridine rings is 1. The molecule has 1 saturated heterocycles. The van der Waals surface area contributed by atoms with E-state index >= 15 is 0 Å². The molecule has 1 aromatic carbocycles. The summed E-state index contributed by atoms with van der Waals surface area (Å²) in [7, 11) is 1.84. The van der Waals surface area contributed by atoms with Crippen molar-refractivity contribution in [1.82, 2.24) is 9.88 Å². The monoisotopic (exact) mass is 439 g/mol. The van der Waals surface area contributed by atoms with Gasteiger partial charge in [-0.15, -0.1) is 0 Å². The number of anilines is 1. The first kappa shape index (κ1) is 23.0. The molecular weight excluding hydrogens is 402 g/mol. The van der Waals surface area contributed by atoms with Crippen LogP contribution in [-0.2, 0) is 6.61 Å². The molecule has 2 aliphatic rings. The van der Waals surface area contributed by atoms with E-state index in [9.17, 15) is 9.90 Å². The zero-order valence-corrected chi connectivity index (χ0v) is 19.5. The Balaban J connectivity index is 1.50. The number of ketones is 1. The molecule has 2 heterocycles. The number of fused-ring (bicyclic) bond motifs is 1. The fourth-order valence-electron chi connectivity index (χ4n) is 4.66. The summed E-state index contributed by atoms with van der Waals surface area (Å²) in [6.45, 7) is 6.27. The molecule has 4 rings (SSSR count). The summed E-state index contributed by atoms with van der Waals surface area (Å²) in [5.41, 5.74) is 2.95. The highest BCUT2D eigenvalue weighted by atomic mass is 16.5. The number of Topliss-reactive ketones (excluding diaryl/α,β-unsaturated/α-hetero) is 1. The molecule has 2 aromatic rings. The van der Waals surface area contributed by atoms with E-state index in [1.165, 1.54) is 19.4 Å². The summed E-state index contributed by atoms with van der Waals surface area (Å²) in [5, 5.41) is 14.0. The Morgan fingerprint density at radius 2 is 2.00 bits per heavy atom. The van der Waals surface area contributed by atoms with E-state index in [4.69, 9.17) is 4.74 Å². The van der Waals surface area contributed by atoms with Gasteiger partial charge in [0.15, 0.2) is 5.78 Å². The van der Waals surface area contributed by atoms with Gasteiger partial charge in [-0.05, 0) is 75.7 Å². The van der Waals surface area contributed by atoms with Crippen molar-refractivity contribution in [3.05, 3.63) is 29.5 Å². The first-order chi connectivity index (χ1) is 15.6. The van der Waals surface area contributed by atoms with Crippen molar-refractivity contribution in [2.24, 2.45) is 11.8 Å². The van der Waals surface area contributed by atoms with E-state index in [0.29, 0.717) is 36.2 Å². The zero-order valence-electron chi connectivity index (χ0n) is 19.5. The van der Waals surface area contributed by atoms with Crippen molar-refractivity contribution in [2.75, 3.05) is 38.6 Å². The molecule has 32 heavy (non-hydrogen) atoms. The maximum Gasteiger partial charge on any atom is 0.166 e. The number of carbonyl (C=O) groups excluding carboxylic acids is 1. The lowest BCUT2D eigenvalue weighted by molar-refractivity contribution is 0.0976. The lowest BCUT2D eigenvalue weighted by Crippen LogP contribution is -2.36. The normalized spacial score (nSPS) is 17.6. The molecule has 0 amide bonds. The smallest absolute Gasteiger partial charge is 0.166 e. The first-order valence-electron chi connectivity index (χ1n) is 12.3. The van der Waals surface area contributed by atoms with Gasteiger partial charge in [0.25, 0.3) is 0 Å². The van der Waals surface area contributed by atoms with Crippen molar-refractivity contribution in [3.63, 3.8) is 0 Å². The van der Waals surface area contributed by atoms with Crippen LogP contribution >= 0.6 is 0 Å². The highest BCUT2D eigenvalue weighted by Crippen LogP contribution is 2.37. The third-order valence-corrected chi connectivity index (χ3v) is 6.95. The summed E-state index contributed by atoms with van der Waals surface area (Å²) in [4.78, 5) is 19.9. The third-order valence-electron chi connectivity index (χ3n) is 6.95. The van der Waals surface area contributed by atoms with E-state index in [-0.39, 0.29) is 12.4 Å². The number of unbranched alkanes of at least 4 members (excludes halogenated alkanes) is 1. The number of ether oxygens (including phenoxy) is 1. The van der Waals surface area contributed by atoms with Crippen LogP contribution in [0.4, 0.5) is 5.69 Å². The Labute approximate surface area is 191 Å². The van der Waals surface area contributed by atoms with Crippen molar-refractivity contribution in [3.8, 4) is 5.75 Å². The standard InChI is InChI=1S/C26H37N3O3/c1-3-4-9-29-10-7-19(8-11-29)17-32-25-14-21-23(13-20(25)16-30)28-15-22(26(21)27-2)24(31)12-18-5-6-18/h13-15,18-19,30H,3-12,16-17H2,1-2H3,(H,27,28). The molecule has 6 nitrogen and oxygen atoms in total. The Morgan fingerprint density at radius 1 is 1.22 bits per heavy atom. The van der Waals surface area contributed by atoms with Crippen molar-refractivity contribution < 1.29 is 14.6 Å². The molecule has 0 atom stereocenters. The minimum Gasteiger partial charge on any atom is -0.493 e. The second-order valence-electron chi connectivity index (χ2n) is 9.45. The number of likely N-dealkylation sites (tertiary alicyclic amines) is 1. The lowest BCUT2D eigenvalue weighted by Gasteiger charge is -2.31. The minimum atomic E-state index is -0.0976. The van der Waals surface area contributed by atoms with Gasteiger partial charge in [-0.1, -0.05) is 13.3 Å². The number of hydrogen-bond donors (Lipinski definition) is 2. The van der Waals surface area contributed by atoms with Gasteiger partial charge in [0, 0.05) is 30.6 Å². The maximum atomic E-state index is 12.8. The van der Waals surface area contributed by atoms with Crippen LogP contribution in [0.5, 0.6) is 5.75 Å². The molecule has 174 valence electrons. The second-order valence-corrected chi connectivity index (χ2v) is 9.45. The molecule has 2 fully saturated rings. The Morgan fingerprint density at radius 3 is 2.66 bits per heavy atom. The Hall–Kier alpha value is -2.18. The van der Waals surface area contributed by atoms with Gasteiger partial charge in [0.1, 0.15) is 5.75 Å². The van der Waals surface area contributed by atoms with Crippen LogP contribution in [-0.4, -0.2) is 54.1 Å². The van der Waals surface area contributed by atoms with Crippen LogP contribution in [0.25, 0.3) is 10.9 Å². The number of carbonyl (C=O) groups is 1. The van der Waals surface area contributed by atoms with Crippen molar-refractivity contribution in [2.45, 2.75) is 58.5 Å². The fourth-order valence-corrected chi connectivity index (χ4v) is 4.66. The van der Waals surface area contributed by atoms with E-state index < -0.39 is 0 Å². The van der Waals surface area contributed by atoms with Crippen LogP contribution in [0.15, 0.2) is 18.3 Å². The Bertz CT molecular complexity index is 934. The SMILES string of the molecule is CCCCN1CCC(COc2cc3c(NC)c(C(=O)CC4CC4)cnc3cc2CO)CC1. The van der Waals surface area contributed by atoms with Gasteiger partial charge in [0.2, 0.25) is 0 Å². The van der Waals surface area contributed by atoms with E-state index in [1.54, 1.807) is 6.20 Å². The molecule has 0 unspecified atom stereocenters. The average molecular weight is 440 g/mol. The number of piperidine rings is 1. The second kappa shape index (κ2) is 10.6. The summed E-state index contributed by atoms with van der Waals surface area (Å²) >= 11 is 0. The Kier molecular flexibility index (Phi) is 7.63. The van der Waals surface area contributed by atoms with E-state index in [0.717, 1.165) is 60.9 Å². The molecule has 2 N–H and O–H groups in total. The summed E-state index contributed by atoms with van der Waals surface area (Å²) in [6, 6.07) is 3.83. The van der Waals surface area contributed by atoms with Crippen molar-refractivity contribution in [1.29, 1.82) is 0 Å². The molecule has 1 aliphatic carbocycles. The van der Waals surface area contributed by atoms with E-state index in [1.807, 2.05) is 19.2 Å². The summed E-state index contributed by atoms with van der Waals surface area (Å²) in [6.07, 6.45) is 9.37. The molecule has 1 aliphatic heterocycles. The molecule has 6 heteroatoms. The molecule has 1 saturated carbocycles. The van der Waals surface area contributed by atoms with Gasteiger partial charge in [-0.3, -0.25) is 9.78 Å². The number of nitrogens with one attached hydrogen (secondary N) is 1. The lowest BCUT2D eigenvalue weighted by atomic mass is 9.97. The highest BCUT2D eigenvalue weighted by molar-refractivity contribution is 6.08. The summed E-state index contributed by atoms with van der Waals surface area (Å²) < 4.78 is 6.25. The molecular formula is C26H37N3O3. The third kappa shape index (κ3) is 5.41. The number of hydrogen-bond acceptors (Lipinski definition) is 6. The predicted molar refractivity (Wildman–Crippen MR) is 128 cm³/mol. The number of aliphatic hydroxyl groups is 1. The predicted octanol–water partition coefficient (Wildman–Crippen LogP) is 4.64. The van der Waals surface area contributed by atoms with Crippen LogP contribution in [0.1, 0.15) is 67.8 Å². The largest absolute Gasteiger partial charge is 0.493 e. The fraction of sp³-hybridized carbons (Fsp3) is 0.615. The number of rotatable bonds is 11. The highest BCUT2D eigenvalue weighted by Gasteiger charge is 2.27. The van der Waals surface area contributed by atoms with Gasteiger partial charge in [-0.25, -0.2) is 0 Å². The van der Waals surface area contributed by atoms with Gasteiger partial charge >= 0.3 is 0 Å². The summed E-state index contributed by atoms with van der Waals surface area (Å²) in [5.74, 6) is 1.91. The number of aromatic nitrogens is 1. The number of aliphatic hydroxyl groups excluding tert-OH is 1. The minimum absolute atomic E-state index is 0.0976. The molecule has 1 aromatic heterocycles. The topological polar surface area (TPSA) is 74.7 Å². The number of benzene rings is 1. The average Bonchev–Trinajstić information content (AvgIpc) is 3.64. The number of nitrogens with zero attached hydrogens (tertiary/aromatic N) is 2. The van der Waals surface area contributed by atoms with Crippen molar-refractivity contribution >= 4 is 22.4 Å². The van der Waals surface area contributed by atoms with Crippen LogP contribution < -0.4 is 10.1 Å². The van der Waals surface area contributed by atoms with Crippen LogP contribution in [0.2, 0.25) is 0 Å². The molecule has 0 bridgehead atoms. The quantitative estimate of drug-likeness (QED) is 0.497. The van der Waals surface area contributed by atoms with Gasteiger partial charge in [-0.2, -0.15) is 0 Å². The molecule has 0 spiro atoms. The van der Waals surface area contributed by atoms with Crippen LogP contribution in [0.3, 0.4) is 0 Å². The maximum absolute atomic E-state index is 12.8. The van der Waals surface area contributed by atoms with Crippen LogP contribution in [0, 0.1) is 11.8 Å². The zero-order chi connectivity index (χ0) is 22.5. The molecule has 0 radical (unpaired) electrons. The first-order valence-corrected chi connectivity index (χ1v) is 12.3. The van der Waals surface area contributed by atoms with Gasteiger partial charge < -0.3 is 20.1 Å².